The van der Waals surface area contributed by atoms with Gasteiger partial charge in [-0.2, -0.15) is 0 Å². The molecule has 0 unspecified atom stereocenters. The summed E-state index contributed by atoms with van der Waals surface area (Å²) in [6.07, 6.45) is 0. The molecular formula is C18H22BrNO. The predicted molar refractivity (Wildman–Crippen MR) is 93.2 cm³/mol. The number of rotatable bonds is 4. The van der Waals surface area contributed by atoms with Crippen molar-refractivity contribution in [1.29, 1.82) is 0 Å². The average Bonchev–Trinajstić information content (AvgIpc) is 2.45. The molecule has 0 aromatic heterocycles. The largest absolute Gasteiger partial charge is 0.496 e. The molecule has 0 heterocycles. The molecular weight excluding hydrogens is 326 g/mol. The van der Waals surface area contributed by atoms with E-state index in [4.69, 9.17) is 4.74 Å². The Morgan fingerprint density at radius 1 is 1.05 bits per heavy atom. The molecule has 2 nitrogen and oxygen atoms in total. The van der Waals surface area contributed by atoms with E-state index in [1.54, 1.807) is 7.11 Å². The van der Waals surface area contributed by atoms with Gasteiger partial charge in [0.2, 0.25) is 0 Å². The third kappa shape index (κ3) is 4.24. The number of benzene rings is 2. The van der Waals surface area contributed by atoms with E-state index in [0.717, 1.165) is 22.5 Å². The first kappa shape index (κ1) is 15.9. The quantitative estimate of drug-likeness (QED) is 0.802. The summed E-state index contributed by atoms with van der Waals surface area (Å²) in [5.74, 6) is 0.855. The fourth-order valence-electron chi connectivity index (χ4n) is 2.11. The van der Waals surface area contributed by atoms with Crippen LogP contribution < -0.4 is 10.1 Å². The van der Waals surface area contributed by atoms with Crippen molar-refractivity contribution in [2.24, 2.45) is 0 Å². The number of halogens is 1. The number of methoxy groups -OCH3 is 1. The van der Waals surface area contributed by atoms with Crippen LogP contribution in [0.2, 0.25) is 0 Å². The van der Waals surface area contributed by atoms with E-state index in [9.17, 15) is 0 Å². The predicted octanol–water partition coefficient (Wildman–Crippen LogP) is 5.37. The lowest BCUT2D eigenvalue weighted by molar-refractivity contribution is 0.412. The summed E-state index contributed by atoms with van der Waals surface area (Å²) in [4.78, 5) is 0. The molecule has 0 amide bonds. The Labute approximate surface area is 135 Å². The molecule has 0 fully saturated rings. The molecule has 0 aliphatic heterocycles. The Bertz CT molecular complexity index is 600. The lowest BCUT2D eigenvalue weighted by Crippen LogP contribution is -2.10. The van der Waals surface area contributed by atoms with Crippen molar-refractivity contribution in [1.82, 2.24) is 0 Å². The molecule has 0 radical (unpaired) electrons. The van der Waals surface area contributed by atoms with Crippen molar-refractivity contribution in [2.75, 3.05) is 12.4 Å². The highest BCUT2D eigenvalue weighted by atomic mass is 79.9. The molecule has 0 spiro atoms. The maximum atomic E-state index is 5.24. The van der Waals surface area contributed by atoms with Gasteiger partial charge in [0.25, 0.3) is 0 Å². The number of hydrogen-bond acceptors (Lipinski definition) is 2. The Kier molecular flexibility index (Phi) is 4.94. The number of anilines is 1. The minimum atomic E-state index is 0.194. The van der Waals surface area contributed by atoms with Crippen LogP contribution in [-0.4, -0.2) is 7.11 Å². The summed E-state index contributed by atoms with van der Waals surface area (Å²) in [6.45, 7) is 7.47. The van der Waals surface area contributed by atoms with Gasteiger partial charge in [-0.1, -0.05) is 39.0 Å². The Morgan fingerprint density at radius 3 is 2.24 bits per heavy atom. The van der Waals surface area contributed by atoms with Crippen LogP contribution in [-0.2, 0) is 12.0 Å². The van der Waals surface area contributed by atoms with Gasteiger partial charge in [-0.25, -0.2) is 0 Å². The standard InChI is InChI=1S/C18H22BrNO/c1-18(2,3)14-6-8-15(9-7-14)20-12-13-5-10-17(21-4)16(19)11-13/h5-11,20H,12H2,1-4H3. The van der Waals surface area contributed by atoms with E-state index < -0.39 is 0 Å². The van der Waals surface area contributed by atoms with E-state index in [2.05, 4.69) is 78.4 Å². The fourth-order valence-corrected chi connectivity index (χ4v) is 2.70. The monoisotopic (exact) mass is 347 g/mol. The van der Waals surface area contributed by atoms with Gasteiger partial charge in [0.15, 0.2) is 0 Å². The van der Waals surface area contributed by atoms with Crippen molar-refractivity contribution >= 4 is 21.6 Å². The third-order valence-corrected chi connectivity index (χ3v) is 4.08. The Hall–Kier alpha value is -1.48. The van der Waals surface area contributed by atoms with E-state index in [-0.39, 0.29) is 5.41 Å². The average molecular weight is 348 g/mol. The van der Waals surface area contributed by atoms with Gasteiger partial charge in [-0.3, -0.25) is 0 Å². The SMILES string of the molecule is COc1ccc(CNc2ccc(C(C)(C)C)cc2)cc1Br. The van der Waals surface area contributed by atoms with Crippen LogP contribution in [0.3, 0.4) is 0 Å². The zero-order chi connectivity index (χ0) is 15.5. The molecule has 2 aromatic carbocycles. The lowest BCUT2D eigenvalue weighted by Gasteiger charge is -2.19. The summed E-state index contributed by atoms with van der Waals surface area (Å²) < 4.78 is 6.22. The Balaban J connectivity index is 2.01. The highest BCUT2D eigenvalue weighted by Crippen LogP contribution is 2.26. The van der Waals surface area contributed by atoms with Crippen molar-refractivity contribution < 1.29 is 4.74 Å². The van der Waals surface area contributed by atoms with Crippen LogP contribution in [0.25, 0.3) is 0 Å². The van der Waals surface area contributed by atoms with Crippen LogP contribution in [0.1, 0.15) is 31.9 Å². The van der Waals surface area contributed by atoms with Crippen molar-refractivity contribution in [3.63, 3.8) is 0 Å². The maximum absolute atomic E-state index is 5.24. The van der Waals surface area contributed by atoms with Crippen LogP contribution in [0.5, 0.6) is 5.75 Å². The maximum Gasteiger partial charge on any atom is 0.133 e. The summed E-state index contributed by atoms with van der Waals surface area (Å²) in [5, 5.41) is 3.44. The van der Waals surface area contributed by atoms with E-state index in [1.807, 2.05) is 6.07 Å². The second kappa shape index (κ2) is 6.52. The van der Waals surface area contributed by atoms with Gasteiger partial charge in [-0.05, 0) is 56.7 Å². The molecule has 0 aliphatic rings. The molecule has 2 rings (SSSR count). The van der Waals surface area contributed by atoms with Gasteiger partial charge in [0.1, 0.15) is 5.75 Å². The first-order chi connectivity index (χ1) is 9.90. The van der Waals surface area contributed by atoms with Crippen molar-refractivity contribution in [2.45, 2.75) is 32.7 Å². The second-order valence-electron chi connectivity index (χ2n) is 6.15. The minimum absolute atomic E-state index is 0.194. The van der Waals surface area contributed by atoms with Crippen LogP contribution in [0.4, 0.5) is 5.69 Å². The minimum Gasteiger partial charge on any atom is -0.496 e. The normalized spacial score (nSPS) is 11.3. The molecule has 0 atom stereocenters. The van der Waals surface area contributed by atoms with Crippen LogP contribution in [0, 0.1) is 0 Å². The third-order valence-electron chi connectivity index (χ3n) is 3.46. The lowest BCUT2D eigenvalue weighted by atomic mass is 9.87. The van der Waals surface area contributed by atoms with Gasteiger partial charge < -0.3 is 10.1 Å². The molecule has 0 saturated heterocycles. The topological polar surface area (TPSA) is 21.3 Å². The van der Waals surface area contributed by atoms with Gasteiger partial charge >= 0.3 is 0 Å². The molecule has 0 aliphatic carbocycles. The molecule has 0 bridgehead atoms. The second-order valence-corrected chi connectivity index (χ2v) is 7.00. The van der Waals surface area contributed by atoms with E-state index >= 15 is 0 Å². The fraction of sp³-hybridized carbons (Fsp3) is 0.333. The van der Waals surface area contributed by atoms with Crippen molar-refractivity contribution in [3.8, 4) is 5.75 Å². The molecule has 21 heavy (non-hydrogen) atoms. The smallest absolute Gasteiger partial charge is 0.133 e. The van der Waals surface area contributed by atoms with Gasteiger partial charge in [-0.15, -0.1) is 0 Å². The summed E-state index contributed by atoms with van der Waals surface area (Å²) in [5.41, 5.74) is 3.89. The first-order valence-electron chi connectivity index (χ1n) is 7.07. The number of nitrogens with one attached hydrogen (secondary N) is 1. The number of ether oxygens (including phenoxy) is 1. The van der Waals surface area contributed by atoms with Crippen LogP contribution in [0.15, 0.2) is 46.9 Å². The summed E-state index contributed by atoms with van der Waals surface area (Å²) in [6, 6.07) is 14.8. The first-order valence-corrected chi connectivity index (χ1v) is 7.86. The molecule has 3 heteroatoms. The van der Waals surface area contributed by atoms with Crippen LogP contribution >= 0.6 is 15.9 Å². The highest BCUT2D eigenvalue weighted by molar-refractivity contribution is 9.10. The summed E-state index contributed by atoms with van der Waals surface area (Å²) >= 11 is 3.51. The van der Waals surface area contributed by atoms with Crippen molar-refractivity contribution in [3.05, 3.63) is 58.1 Å². The van der Waals surface area contributed by atoms with E-state index in [1.165, 1.54) is 11.1 Å². The zero-order valence-corrected chi connectivity index (χ0v) is 14.6. The van der Waals surface area contributed by atoms with Gasteiger partial charge in [0.05, 0.1) is 11.6 Å². The number of hydrogen-bond donors (Lipinski definition) is 1. The van der Waals surface area contributed by atoms with Gasteiger partial charge in [0, 0.05) is 12.2 Å². The summed E-state index contributed by atoms with van der Waals surface area (Å²) in [7, 11) is 1.68. The molecule has 0 saturated carbocycles. The molecule has 1 N–H and O–H groups in total. The molecule has 112 valence electrons. The Morgan fingerprint density at radius 2 is 1.71 bits per heavy atom. The van der Waals surface area contributed by atoms with E-state index in [0.29, 0.717) is 0 Å². The zero-order valence-electron chi connectivity index (χ0n) is 13.0. The highest BCUT2D eigenvalue weighted by Gasteiger charge is 2.12. The molecule has 2 aromatic rings.